The Labute approximate surface area is 203 Å². The first kappa shape index (κ1) is 22.5. The van der Waals surface area contributed by atoms with Gasteiger partial charge in [0.2, 0.25) is 0 Å². The lowest BCUT2D eigenvalue weighted by Gasteiger charge is -2.17. The van der Waals surface area contributed by atoms with Crippen LogP contribution in [0.15, 0.2) is 73.1 Å². The molecule has 1 aliphatic rings. The fraction of sp³-hybridized carbons (Fsp3) is 0.214. The molecule has 3 heterocycles. The van der Waals surface area contributed by atoms with Crippen molar-refractivity contribution in [3.8, 4) is 28.1 Å². The summed E-state index contributed by atoms with van der Waals surface area (Å²) < 4.78 is 7.76. The van der Waals surface area contributed by atoms with Gasteiger partial charge in [0.1, 0.15) is 17.1 Å². The van der Waals surface area contributed by atoms with Crippen LogP contribution < -0.4 is 10.1 Å². The molecular weight excluding hydrogens is 440 g/mol. The highest BCUT2D eigenvalue weighted by Crippen LogP contribution is 2.36. The lowest BCUT2D eigenvalue weighted by molar-refractivity contribution is -0.113. The second-order valence-electron chi connectivity index (χ2n) is 8.81. The molecule has 5 rings (SSSR count). The summed E-state index contributed by atoms with van der Waals surface area (Å²) in [5.74, 6) is 0.834. The Balaban J connectivity index is 1.46. The molecule has 0 saturated heterocycles. The van der Waals surface area contributed by atoms with Gasteiger partial charge < -0.3 is 10.1 Å². The van der Waals surface area contributed by atoms with Crippen LogP contribution in [0.1, 0.15) is 47.5 Å². The molecule has 35 heavy (non-hydrogen) atoms. The normalized spacial score (nSPS) is 13.7. The molecule has 1 N–H and O–H groups in total. The molecule has 7 heteroatoms. The number of fused-ring (bicyclic) bond motifs is 1. The highest BCUT2D eigenvalue weighted by Gasteiger charge is 2.28. The van der Waals surface area contributed by atoms with E-state index in [1.807, 2.05) is 60.7 Å². The average molecular weight is 467 g/mol. The number of aromatic nitrogens is 3. The summed E-state index contributed by atoms with van der Waals surface area (Å²) in [6, 6.07) is 19.1. The third kappa shape index (κ3) is 4.45. The summed E-state index contributed by atoms with van der Waals surface area (Å²) in [7, 11) is 0. The number of pyridine rings is 1. The number of nitrogens with zero attached hydrogens (tertiary/aromatic N) is 3. The van der Waals surface area contributed by atoms with E-state index in [4.69, 9.17) is 9.84 Å². The molecule has 0 fully saturated rings. The molecule has 2 aromatic heterocycles. The highest BCUT2D eigenvalue weighted by atomic mass is 16.5. The zero-order valence-electron chi connectivity index (χ0n) is 19.6. The van der Waals surface area contributed by atoms with E-state index >= 15 is 0 Å². The third-order valence-corrected chi connectivity index (χ3v) is 6.19. The van der Waals surface area contributed by atoms with Crippen LogP contribution in [0.2, 0.25) is 0 Å². The zero-order valence-corrected chi connectivity index (χ0v) is 19.6. The number of aldehydes is 1. The molecule has 7 nitrogen and oxygen atoms in total. The van der Waals surface area contributed by atoms with Gasteiger partial charge in [0.25, 0.3) is 5.91 Å². The van der Waals surface area contributed by atoms with Crippen LogP contribution in [-0.4, -0.2) is 33.5 Å². The van der Waals surface area contributed by atoms with Gasteiger partial charge in [0.05, 0.1) is 6.54 Å². The van der Waals surface area contributed by atoms with Crippen LogP contribution in [0.5, 0.6) is 5.75 Å². The van der Waals surface area contributed by atoms with Gasteiger partial charge in [-0.3, -0.25) is 19.3 Å². The maximum absolute atomic E-state index is 12.8. The van der Waals surface area contributed by atoms with E-state index in [1.165, 1.54) is 5.56 Å². The second kappa shape index (κ2) is 9.54. The third-order valence-electron chi connectivity index (χ3n) is 6.19. The summed E-state index contributed by atoms with van der Waals surface area (Å²) in [6.45, 7) is 5.41. The number of benzene rings is 2. The average Bonchev–Trinajstić information content (AvgIpc) is 3.29. The Morgan fingerprint density at radius 2 is 1.63 bits per heavy atom. The first-order valence-corrected chi connectivity index (χ1v) is 11.7. The van der Waals surface area contributed by atoms with E-state index in [0.29, 0.717) is 30.5 Å². The first-order chi connectivity index (χ1) is 17.0. The molecule has 1 amide bonds. The summed E-state index contributed by atoms with van der Waals surface area (Å²) >= 11 is 0. The number of carbonyl (C=O) groups is 2. The molecule has 0 bridgehead atoms. The standard InChI is InChI=1S/C28H26N4O3/c1-18(2)19-3-5-20(6-4-19)24(17-33)35-23-9-7-21(8-10-23)25-26(22-11-13-29-14-12-22)31-32-16-15-30-28(34)27(25)32/h3-14,17-18,24H,15-16H2,1-2H3,(H,30,34). The molecule has 0 saturated carbocycles. The first-order valence-electron chi connectivity index (χ1n) is 11.7. The smallest absolute Gasteiger partial charge is 0.270 e. The molecule has 4 aromatic rings. The van der Waals surface area contributed by atoms with Gasteiger partial charge in [-0.1, -0.05) is 50.2 Å². The zero-order chi connectivity index (χ0) is 24.4. The summed E-state index contributed by atoms with van der Waals surface area (Å²) in [6.07, 6.45) is 3.52. The number of nitrogens with one attached hydrogen (secondary N) is 1. The second-order valence-corrected chi connectivity index (χ2v) is 8.81. The van der Waals surface area contributed by atoms with Gasteiger partial charge in [-0.2, -0.15) is 5.10 Å². The van der Waals surface area contributed by atoms with Gasteiger partial charge in [-0.05, 0) is 46.9 Å². The van der Waals surface area contributed by atoms with E-state index < -0.39 is 6.10 Å². The molecule has 2 aromatic carbocycles. The van der Waals surface area contributed by atoms with Crippen molar-refractivity contribution in [2.24, 2.45) is 0 Å². The maximum Gasteiger partial charge on any atom is 0.270 e. The van der Waals surface area contributed by atoms with Crippen molar-refractivity contribution in [3.63, 3.8) is 0 Å². The Kier molecular flexibility index (Phi) is 6.14. The molecule has 1 unspecified atom stereocenters. The largest absolute Gasteiger partial charge is 0.478 e. The van der Waals surface area contributed by atoms with Crippen molar-refractivity contribution in [2.75, 3.05) is 6.54 Å². The van der Waals surface area contributed by atoms with E-state index in [-0.39, 0.29) is 5.91 Å². The number of ether oxygens (including phenoxy) is 1. The molecule has 1 atom stereocenters. The lowest BCUT2D eigenvalue weighted by atomic mass is 9.98. The fourth-order valence-electron chi connectivity index (χ4n) is 4.29. The Morgan fingerprint density at radius 3 is 2.29 bits per heavy atom. The van der Waals surface area contributed by atoms with Gasteiger partial charge >= 0.3 is 0 Å². The molecule has 1 aliphatic heterocycles. The minimum Gasteiger partial charge on any atom is -0.478 e. The number of hydrogen-bond donors (Lipinski definition) is 1. The number of carbonyl (C=O) groups excluding carboxylic acids is 2. The SMILES string of the molecule is CC(C)c1ccc(C(C=O)Oc2ccc(-c3c(-c4ccncc4)nn4c3C(=O)NCC4)cc2)cc1. The number of rotatable bonds is 7. The maximum atomic E-state index is 12.8. The van der Waals surface area contributed by atoms with Gasteiger partial charge in [-0.15, -0.1) is 0 Å². The van der Waals surface area contributed by atoms with Crippen LogP contribution in [0, 0.1) is 0 Å². The van der Waals surface area contributed by atoms with Crippen LogP contribution in [0.4, 0.5) is 0 Å². The van der Waals surface area contributed by atoms with Crippen molar-refractivity contribution in [1.29, 1.82) is 0 Å². The highest BCUT2D eigenvalue weighted by molar-refractivity contribution is 6.03. The number of amides is 1. The molecule has 0 aliphatic carbocycles. The van der Waals surface area contributed by atoms with Crippen LogP contribution in [-0.2, 0) is 11.3 Å². The van der Waals surface area contributed by atoms with Crippen molar-refractivity contribution < 1.29 is 14.3 Å². The number of hydrogen-bond acceptors (Lipinski definition) is 5. The topological polar surface area (TPSA) is 86.1 Å². The lowest BCUT2D eigenvalue weighted by Crippen LogP contribution is -2.35. The predicted molar refractivity (Wildman–Crippen MR) is 133 cm³/mol. The monoisotopic (exact) mass is 466 g/mol. The van der Waals surface area contributed by atoms with Crippen LogP contribution >= 0.6 is 0 Å². The summed E-state index contributed by atoms with van der Waals surface area (Å²) in [5, 5.41) is 7.65. The van der Waals surface area contributed by atoms with Crippen molar-refractivity contribution >= 4 is 12.2 Å². The van der Waals surface area contributed by atoms with E-state index in [2.05, 4.69) is 24.1 Å². The van der Waals surface area contributed by atoms with E-state index in [1.54, 1.807) is 17.1 Å². The minimum atomic E-state index is -0.705. The quantitative estimate of drug-likeness (QED) is 0.396. The molecule has 176 valence electrons. The van der Waals surface area contributed by atoms with Crippen LogP contribution in [0.25, 0.3) is 22.4 Å². The Morgan fingerprint density at radius 1 is 0.943 bits per heavy atom. The Bertz CT molecular complexity index is 1340. The molecular formula is C28H26N4O3. The van der Waals surface area contributed by atoms with Crippen molar-refractivity contribution in [1.82, 2.24) is 20.1 Å². The van der Waals surface area contributed by atoms with Gasteiger partial charge in [-0.25, -0.2) is 0 Å². The van der Waals surface area contributed by atoms with E-state index in [9.17, 15) is 9.59 Å². The van der Waals surface area contributed by atoms with Crippen molar-refractivity contribution in [3.05, 3.63) is 89.9 Å². The van der Waals surface area contributed by atoms with Gasteiger partial charge in [0, 0.05) is 30.1 Å². The summed E-state index contributed by atoms with van der Waals surface area (Å²) in [4.78, 5) is 28.6. The minimum absolute atomic E-state index is 0.148. The molecule has 0 radical (unpaired) electrons. The van der Waals surface area contributed by atoms with Gasteiger partial charge in [0.15, 0.2) is 12.4 Å². The molecule has 0 spiro atoms. The Hall–Kier alpha value is -4.26. The van der Waals surface area contributed by atoms with Crippen LogP contribution in [0.3, 0.4) is 0 Å². The van der Waals surface area contributed by atoms with E-state index in [0.717, 1.165) is 34.2 Å². The van der Waals surface area contributed by atoms with Crippen molar-refractivity contribution in [2.45, 2.75) is 32.4 Å². The summed E-state index contributed by atoms with van der Waals surface area (Å²) in [5.41, 5.74) is 5.76. The fourth-order valence-corrected chi connectivity index (χ4v) is 4.29. The predicted octanol–water partition coefficient (Wildman–Crippen LogP) is 4.80.